The summed E-state index contributed by atoms with van der Waals surface area (Å²) >= 11 is 6.16. The van der Waals surface area contributed by atoms with Crippen molar-refractivity contribution in [1.82, 2.24) is 14.8 Å². The molecule has 0 unspecified atom stereocenters. The van der Waals surface area contributed by atoms with Crippen LogP contribution in [0.3, 0.4) is 0 Å². The predicted octanol–water partition coefficient (Wildman–Crippen LogP) is 5.08. The van der Waals surface area contributed by atoms with Crippen molar-refractivity contribution >= 4 is 34.2 Å². The third-order valence-electron chi connectivity index (χ3n) is 4.38. The van der Waals surface area contributed by atoms with E-state index in [2.05, 4.69) is 15.4 Å². The molecule has 140 valence electrons. The minimum Gasteiger partial charge on any atom is -0.321 e. The third kappa shape index (κ3) is 3.23. The molecule has 0 aliphatic heterocycles. The molecule has 4 rings (SSSR count). The number of rotatable bonds is 3. The molecule has 1 N–H and O–H groups in total. The second-order valence-corrected chi connectivity index (χ2v) is 6.82. The highest BCUT2D eigenvalue weighted by Gasteiger charge is 2.20. The number of fused-ring (bicyclic) bond motifs is 1. The van der Waals surface area contributed by atoms with Crippen LogP contribution in [-0.4, -0.2) is 20.7 Å². The number of nitrogens with zero attached hydrogens (tertiary/aromatic N) is 3. The van der Waals surface area contributed by atoms with Gasteiger partial charge in [-0.3, -0.25) is 4.79 Å². The van der Waals surface area contributed by atoms with Crippen LogP contribution in [0.4, 0.5) is 10.1 Å². The number of hydrogen-bond acceptors (Lipinski definition) is 3. The smallest absolute Gasteiger partial charge is 0.256 e. The molecule has 0 spiro atoms. The molecule has 2 aromatic heterocycles. The van der Waals surface area contributed by atoms with Crippen molar-refractivity contribution in [1.29, 1.82) is 0 Å². The van der Waals surface area contributed by atoms with Gasteiger partial charge in [-0.05, 0) is 56.3 Å². The number of aryl methyl sites for hydroxylation is 2. The quantitative estimate of drug-likeness (QED) is 0.527. The fourth-order valence-electron chi connectivity index (χ4n) is 3.11. The average Bonchev–Trinajstić information content (AvgIpc) is 3.00. The SMILES string of the molecule is Cc1cc(C(=O)Nc2ccccc2Cl)c2c(C)nn(-c3ccc(F)cc3)c2n1. The van der Waals surface area contributed by atoms with Gasteiger partial charge in [0.1, 0.15) is 5.82 Å². The second-order valence-electron chi connectivity index (χ2n) is 6.42. The first kappa shape index (κ1) is 18.1. The van der Waals surface area contributed by atoms with Crippen molar-refractivity contribution in [2.24, 2.45) is 0 Å². The topological polar surface area (TPSA) is 59.8 Å². The van der Waals surface area contributed by atoms with E-state index in [0.717, 1.165) is 0 Å². The Hall–Kier alpha value is -3.25. The summed E-state index contributed by atoms with van der Waals surface area (Å²) in [6.07, 6.45) is 0. The van der Waals surface area contributed by atoms with Gasteiger partial charge >= 0.3 is 0 Å². The molecule has 7 heteroatoms. The Labute approximate surface area is 165 Å². The Kier molecular flexibility index (Phi) is 4.57. The molecule has 0 saturated carbocycles. The number of para-hydroxylation sites is 1. The largest absolute Gasteiger partial charge is 0.321 e. The summed E-state index contributed by atoms with van der Waals surface area (Å²) in [5, 5.41) is 8.46. The van der Waals surface area contributed by atoms with Gasteiger partial charge in [0.05, 0.1) is 33.0 Å². The monoisotopic (exact) mass is 394 g/mol. The van der Waals surface area contributed by atoms with Gasteiger partial charge in [0.15, 0.2) is 5.65 Å². The highest BCUT2D eigenvalue weighted by Crippen LogP contribution is 2.27. The summed E-state index contributed by atoms with van der Waals surface area (Å²) < 4.78 is 14.9. The van der Waals surface area contributed by atoms with Crippen LogP contribution in [0.5, 0.6) is 0 Å². The van der Waals surface area contributed by atoms with Crippen LogP contribution >= 0.6 is 11.6 Å². The number of halogens is 2. The van der Waals surface area contributed by atoms with Gasteiger partial charge in [-0.15, -0.1) is 0 Å². The zero-order valence-electron chi connectivity index (χ0n) is 15.2. The van der Waals surface area contributed by atoms with Gasteiger partial charge in [-0.2, -0.15) is 5.10 Å². The minimum absolute atomic E-state index is 0.301. The number of anilines is 1. The van der Waals surface area contributed by atoms with E-state index in [4.69, 9.17) is 11.6 Å². The summed E-state index contributed by atoms with van der Waals surface area (Å²) in [5.74, 6) is -0.633. The van der Waals surface area contributed by atoms with Crippen LogP contribution in [0.2, 0.25) is 5.02 Å². The molecular formula is C21H16ClFN4O. The zero-order valence-corrected chi connectivity index (χ0v) is 16.0. The first-order valence-electron chi connectivity index (χ1n) is 8.63. The normalized spacial score (nSPS) is 11.0. The van der Waals surface area contributed by atoms with E-state index in [-0.39, 0.29) is 11.7 Å². The molecule has 0 aliphatic rings. The zero-order chi connectivity index (χ0) is 19.8. The van der Waals surface area contributed by atoms with Gasteiger partial charge in [0.2, 0.25) is 0 Å². The first-order chi connectivity index (χ1) is 13.4. The minimum atomic E-state index is -0.333. The number of amides is 1. The second kappa shape index (κ2) is 7.05. The maximum atomic E-state index is 13.3. The molecule has 5 nitrogen and oxygen atoms in total. The van der Waals surface area contributed by atoms with Crippen LogP contribution in [0, 0.1) is 19.7 Å². The fourth-order valence-corrected chi connectivity index (χ4v) is 3.29. The highest BCUT2D eigenvalue weighted by atomic mass is 35.5. The fraction of sp³-hybridized carbons (Fsp3) is 0.0952. The van der Waals surface area contributed by atoms with Gasteiger partial charge < -0.3 is 5.32 Å². The van der Waals surface area contributed by atoms with Crippen LogP contribution in [0.15, 0.2) is 54.6 Å². The Morgan fingerprint density at radius 1 is 1.11 bits per heavy atom. The predicted molar refractivity (Wildman–Crippen MR) is 108 cm³/mol. The molecule has 0 fully saturated rings. The van der Waals surface area contributed by atoms with Gasteiger partial charge in [0.25, 0.3) is 5.91 Å². The van der Waals surface area contributed by atoms with Crippen LogP contribution in [0.25, 0.3) is 16.7 Å². The molecular weight excluding hydrogens is 379 g/mol. The van der Waals surface area contributed by atoms with E-state index >= 15 is 0 Å². The van der Waals surface area contributed by atoms with Crippen molar-refractivity contribution < 1.29 is 9.18 Å². The lowest BCUT2D eigenvalue weighted by Crippen LogP contribution is -2.13. The first-order valence-corrected chi connectivity index (χ1v) is 9.00. The number of carbonyl (C=O) groups is 1. The summed E-state index contributed by atoms with van der Waals surface area (Å²) in [6, 6.07) is 14.7. The number of pyridine rings is 1. The number of aromatic nitrogens is 3. The van der Waals surface area contributed by atoms with E-state index in [1.165, 1.54) is 12.1 Å². The van der Waals surface area contributed by atoms with Crippen molar-refractivity contribution in [3.63, 3.8) is 0 Å². The van der Waals surface area contributed by atoms with E-state index in [9.17, 15) is 9.18 Å². The van der Waals surface area contributed by atoms with Crippen LogP contribution in [-0.2, 0) is 0 Å². The van der Waals surface area contributed by atoms with E-state index in [1.54, 1.807) is 47.1 Å². The number of hydrogen-bond donors (Lipinski definition) is 1. The summed E-state index contributed by atoms with van der Waals surface area (Å²) in [5.41, 5.74) is 3.49. The van der Waals surface area contributed by atoms with E-state index in [0.29, 0.717) is 44.4 Å². The lowest BCUT2D eigenvalue weighted by Gasteiger charge is -2.09. The highest BCUT2D eigenvalue weighted by molar-refractivity contribution is 6.34. The van der Waals surface area contributed by atoms with Crippen molar-refractivity contribution in [3.8, 4) is 5.69 Å². The molecule has 2 aromatic carbocycles. The molecule has 0 atom stereocenters. The maximum Gasteiger partial charge on any atom is 0.256 e. The molecule has 0 aliphatic carbocycles. The van der Waals surface area contributed by atoms with Crippen molar-refractivity contribution in [2.45, 2.75) is 13.8 Å². The average molecular weight is 395 g/mol. The Balaban J connectivity index is 1.85. The Morgan fingerprint density at radius 2 is 1.82 bits per heavy atom. The molecule has 0 saturated heterocycles. The molecule has 0 bridgehead atoms. The lowest BCUT2D eigenvalue weighted by atomic mass is 10.1. The van der Waals surface area contributed by atoms with Gasteiger partial charge in [0, 0.05) is 5.69 Å². The molecule has 0 radical (unpaired) electrons. The number of carbonyl (C=O) groups excluding carboxylic acids is 1. The standard InChI is InChI=1S/C21H16ClFN4O/c1-12-11-16(21(28)25-18-6-4-3-5-17(18)22)19-13(2)26-27(20(19)24-12)15-9-7-14(23)8-10-15/h3-11H,1-2H3,(H,25,28). The number of benzene rings is 2. The third-order valence-corrected chi connectivity index (χ3v) is 4.71. The Morgan fingerprint density at radius 3 is 2.54 bits per heavy atom. The summed E-state index contributed by atoms with van der Waals surface area (Å²) in [7, 11) is 0. The molecule has 2 heterocycles. The van der Waals surface area contributed by atoms with Crippen molar-refractivity contribution in [3.05, 3.63) is 82.4 Å². The van der Waals surface area contributed by atoms with Gasteiger partial charge in [-0.25, -0.2) is 14.1 Å². The van der Waals surface area contributed by atoms with Gasteiger partial charge in [-0.1, -0.05) is 23.7 Å². The molecule has 28 heavy (non-hydrogen) atoms. The van der Waals surface area contributed by atoms with Crippen LogP contribution < -0.4 is 5.32 Å². The number of nitrogens with one attached hydrogen (secondary N) is 1. The van der Waals surface area contributed by atoms with Crippen molar-refractivity contribution in [2.75, 3.05) is 5.32 Å². The van der Waals surface area contributed by atoms with Crippen LogP contribution in [0.1, 0.15) is 21.7 Å². The lowest BCUT2D eigenvalue weighted by molar-refractivity contribution is 0.102. The summed E-state index contributed by atoms with van der Waals surface area (Å²) in [6.45, 7) is 3.62. The maximum absolute atomic E-state index is 13.3. The molecule has 4 aromatic rings. The molecule has 1 amide bonds. The van der Waals surface area contributed by atoms with E-state index < -0.39 is 0 Å². The van der Waals surface area contributed by atoms with E-state index in [1.807, 2.05) is 13.8 Å². The summed E-state index contributed by atoms with van der Waals surface area (Å²) in [4.78, 5) is 17.6. The Bertz CT molecular complexity index is 1200.